The first-order valence-electron chi connectivity index (χ1n) is 9.25. The van der Waals surface area contributed by atoms with E-state index in [0.717, 1.165) is 22.4 Å². The number of sulfonamides is 1. The van der Waals surface area contributed by atoms with E-state index in [0.29, 0.717) is 19.4 Å². The van der Waals surface area contributed by atoms with E-state index in [9.17, 15) is 13.2 Å². The number of amides is 1. The summed E-state index contributed by atoms with van der Waals surface area (Å²) in [5.74, 6) is -0.464. The van der Waals surface area contributed by atoms with Crippen molar-refractivity contribution in [2.45, 2.75) is 32.4 Å². The van der Waals surface area contributed by atoms with Crippen LogP contribution in [0.5, 0.6) is 0 Å². The molecule has 27 heavy (non-hydrogen) atoms. The molecule has 1 heterocycles. The van der Waals surface area contributed by atoms with E-state index in [1.807, 2.05) is 62.4 Å². The first-order chi connectivity index (χ1) is 12.8. The molecular weight excluding hydrogens is 360 g/mol. The van der Waals surface area contributed by atoms with E-state index in [4.69, 9.17) is 0 Å². The van der Waals surface area contributed by atoms with Gasteiger partial charge >= 0.3 is 0 Å². The van der Waals surface area contributed by atoms with Gasteiger partial charge in [0.05, 0.1) is 11.7 Å². The molecule has 0 spiro atoms. The van der Waals surface area contributed by atoms with E-state index in [1.165, 1.54) is 4.31 Å². The van der Waals surface area contributed by atoms with E-state index in [2.05, 4.69) is 5.32 Å². The molecule has 1 fully saturated rings. The first-order valence-corrected chi connectivity index (χ1v) is 10.9. The minimum atomic E-state index is -3.45. The molecule has 1 atom stereocenters. The second-order valence-corrected chi connectivity index (χ2v) is 9.21. The molecule has 0 unspecified atom stereocenters. The Hall–Kier alpha value is -2.18. The predicted molar refractivity (Wildman–Crippen MR) is 108 cm³/mol. The zero-order valence-corrected chi connectivity index (χ0v) is 16.6. The Morgan fingerprint density at radius 3 is 2.67 bits per heavy atom. The van der Waals surface area contributed by atoms with Crippen LogP contribution in [0.2, 0.25) is 0 Å². The van der Waals surface area contributed by atoms with Gasteiger partial charge in [-0.25, -0.2) is 12.7 Å². The number of benzene rings is 2. The van der Waals surface area contributed by atoms with Gasteiger partial charge in [0.25, 0.3) is 0 Å². The molecular formula is C21H26N2O3S. The van der Waals surface area contributed by atoms with Crippen molar-refractivity contribution in [3.63, 3.8) is 0 Å². The van der Waals surface area contributed by atoms with Crippen molar-refractivity contribution in [3.8, 4) is 0 Å². The molecule has 0 bridgehead atoms. The summed E-state index contributed by atoms with van der Waals surface area (Å²) in [6.07, 6.45) is 1.40. The van der Waals surface area contributed by atoms with Gasteiger partial charge in [-0.15, -0.1) is 0 Å². The standard InChI is InChI=1S/C21H26N2O3S/c1-16-7-5-11-20(13-16)22-21(24)18-10-6-12-23(14-18)27(25,26)15-19-9-4-3-8-17(19)2/h3-5,7-9,11,13,18H,6,10,12,14-15H2,1-2H3,(H,22,24)/t18-/m1/s1. The normalized spacial score (nSPS) is 18.2. The zero-order chi connectivity index (χ0) is 19.4. The second kappa shape index (κ2) is 8.23. The lowest BCUT2D eigenvalue weighted by molar-refractivity contribution is -0.120. The smallest absolute Gasteiger partial charge is 0.228 e. The van der Waals surface area contributed by atoms with Crippen molar-refractivity contribution in [3.05, 3.63) is 65.2 Å². The summed E-state index contributed by atoms with van der Waals surface area (Å²) in [7, 11) is -3.45. The number of carbonyl (C=O) groups is 1. The topological polar surface area (TPSA) is 66.5 Å². The van der Waals surface area contributed by atoms with Gasteiger partial charge < -0.3 is 5.32 Å². The molecule has 3 rings (SSSR count). The van der Waals surface area contributed by atoms with E-state index >= 15 is 0 Å². The number of hydrogen-bond donors (Lipinski definition) is 1. The van der Waals surface area contributed by atoms with Crippen LogP contribution < -0.4 is 5.32 Å². The molecule has 2 aromatic rings. The number of aryl methyl sites for hydroxylation is 2. The third kappa shape index (κ3) is 4.96. The van der Waals surface area contributed by atoms with Gasteiger partial charge in [0.1, 0.15) is 0 Å². The third-order valence-corrected chi connectivity index (χ3v) is 6.83. The zero-order valence-electron chi connectivity index (χ0n) is 15.8. The molecule has 1 aliphatic rings. The fourth-order valence-corrected chi connectivity index (χ4v) is 5.15. The number of hydrogen-bond acceptors (Lipinski definition) is 3. The monoisotopic (exact) mass is 386 g/mol. The fourth-order valence-electron chi connectivity index (χ4n) is 3.44. The van der Waals surface area contributed by atoms with Crippen LogP contribution in [0.1, 0.15) is 29.5 Å². The lowest BCUT2D eigenvalue weighted by Crippen LogP contribution is -2.44. The van der Waals surface area contributed by atoms with E-state index < -0.39 is 10.0 Å². The summed E-state index contributed by atoms with van der Waals surface area (Å²) < 4.78 is 27.2. The van der Waals surface area contributed by atoms with Gasteiger partial charge in [0.2, 0.25) is 15.9 Å². The molecule has 5 nitrogen and oxygen atoms in total. The van der Waals surface area contributed by atoms with Crippen LogP contribution in [0.4, 0.5) is 5.69 Å². The number of nitrogens with zero attached hydrogens (tertiary/aromatic N) is 1. The van der Waals surface area contributed by atoms with Crippen molar-refractivity contribution in [1.29, 1.82) is 0 Å². The summed E-state index contributed by atoms with van der Waals surface area (Å²) in [5.41, 5.74) is 3.59. The lowest BCUT2D eigenvalue weighted by Gasteiger charge is -2.31. The maximum Gasteiger partial charge on any atom is 0.228 e. The summed E-state index contributed by atoms with van der Waals surface area (Å²) in [6, 6.07) is 15.1. The Bertz CT molecular complexity index is 925. The first kappa shape index (κ1) is 19.6. The van der Waals surface area contributed by atoms with Crippen molar-refractivity contribution in [2.75, 3.05) is 18.4 Å². The highest BCUT2D eigenvalue weighted by Crippen LogP contribution is 2.24. The third-order valence-electron chi connectivity index (χ3n) is 5.03. The van der Waals surface area contributed by atoms with Crippen LogP contribution in [-0.2, 0) is 20.6 Å². The van der Waals surface area contributed by atoms with E-state index in [1.54, 1.807) is 0 Å². The largest absolute Gasteiger partial charge is 0.326 e. The van der Waals surface area contributed by atoms with E-state index in [-0.39, 0.29) is 24.1 Å². The molecule has 6 heteroatoms. The van der Waals surface area contributed by atoms with Gasteiger partial charge in [-0.3, -0.25) is 4.79 Å². The number of carbonyl (C=O) groups excluding carboxylic acids is 1. The van der Waals surface area contributed by atoms with Crippen LogP contribution in [-0.4, -0.2) is 31.7 Å². The molecule has 0 aromatic heterocycles. The predicted octanol–water partition coefficient (Wildman–Crippen LogP) is 3.48. The van der Waals surface area contributed by atoms with Gasteiger partial charge in [-0.1, -0.05) is 36.4 Å². The molecule has 0 saturated carbocycles. The van der Waals surface area contributed by atoms with Crippen molar-refractivity contribution in [2.24, 2.45) is 5.92 Å². The Kier molecular flexibility index (Phi) is 5.97. The number of anilines is 1. The van der Waals surface area contributed by atoms with Gasteiger partial charge in [-0.05, 0) is 55.5 Å². The Morgan fingerprint density at radius 1 is 1.15 bits per heavy atom. The Balaban J connectivity index is 1.68. The SMILES string of the molecule is Cc1cccc(NC(=O)[C@@H]2CCCN(S(=O)(=O)Cc3ccccc3C)C2)c1. The van der Waals surface area contributed by atoms with Gasteiger partial charge in [0, 0.05) is 18.8 Å². The Labute approximate surface area is 161 Å². The Morgan fingerprint density at radius 2 is 1.93 bits per heavy atom. The van der Waals surface area contributed by atoms with Crippen molar-refractivity contribution in [1.82, 2.24) is 4.31 Å². The summed E-state index contributed by atoms with van der Waals surface area (Å²) in [4.78, 5) is 12.6. The molecule has 144 valence electrons. The molecule has 1 amide bonds. The summed E-state index contributed by atoms with van der Waals surface area (Å²) >= 11 is 0. The van der Waals surface area contributed by atoms with Gasteiger partial charge in [0.15, 0.2) is 0 Å². The average Bonchev–Trinajstić information content (AvgIpc) is 2.64. The summed E-state index contributed by atoms with van der Waals surface area (Å²) in [5, 5.41) is 2.92. The minimum absolute atomic E-state index is 0.0219. The van der Waals surface area contributed by atoms with Crippen molar-refractivity contribution >= 4 is 21.6 Å². The number of rotatable bonds is 5. The lowest BCUT2D eigenvalue weighted by atomic mass is 9.98. The maximum absolute atomic E-state index is 12.9. The van der Waals surface area contributed by atoms with Crippen LogP contribution >= 0.6 is 0 Å². The summed E-state index contributed by atoms with van der Waals surface area (Å²) in [6.45, 7) is 4.60. The van der Waals surface area contributed by atoms with Crippen LogP contribution in [0.3, 0.4) is 0 Å². The molecule has 2 aromatic carbocycles. The van der Waals surface area contributed by atoms with Crippen LogP contribution in [0.25, 0.3) is 0 Å². The molecule has 0 aliphatic carbocycles. The number of nitrogens with one attached hydrogen (secondary N) is 1. The fraction of sp³-hybridized carbons (Fsp3) is 0.381. The quantitative estimate of drug-likeness (QED) is 0.855. The van der Waals surface area contributed by atoms with Crippen LogP contribution in [0, 0.1) is 19.8 Å². The average molecular weight is 387 g/mol. The maximum atomic E-state index is 12.9. The highest BCUT2D eigenvalue weighted by atomic mass is 32.2. The number of piperidine rings is 1. The van der Waals surface area contributed by atoms with Crippen molar-refractivity contribution < 1.29 is 13.2 Å². The van der Waals surface area contributed by atoms with Gasteiger partial charge in [-0.2, -0.15) is 0 Å². The second-order valence-electron chi connectivity index (χ2n) is 7.24. The minimum Gasteiger partial charge on any atom is -0.326 e. The molecule has 1 aliphatic heterocycles. The van der Waals surface area contributed by atoms with Crippen LogP contribution in [0.15, 0.2) is 48.5 Å². The molecule has 1 saturated heterocycles. The molecule has 1 N–H and O–H groups in total. The highest BCUT2D eigenvalue weighted by molar-refractivity contribution is 7.88. The highest BCUT2D eigenvalue weighted by Gasteiger charge is 2.32. The molecule has 0 radical (unpaired) electrons.